The van der Waals surface area contributed by atoms with Crippen molar-refractivity contribution in [3.63, 3.8) is 0 Å². The van der Waals surface area contributed by atoms with E-state index in [4.69, 9.17) is 9.47 Å². The standard InChI is InChI=1S/C22H19F2N3O3/c23-17-5-3-13(8-18(17)24)16-10-25-26-21(16)15-2-1-7-27(11-15)22(28)14-4-6-19-20(9-14)30-12-29-19/h3-6,8-10,15H,1-2,7,11-12H2,(H,25,26). The molecule has 2 aliphatic rings. The van der Waals surface area contributed by atoms with Crippen molar-refractivity contribution in [3.05, 3.63) is 65.5 Å². The van der Waals surface area contributed by atoms with E-state index in [0.29, 0.717) is 35.7 Å². The van der Waals surface area contributed by atoms with Gasteiger partial charge in [-0.1, -0.05) is 6.07 Å². The van der Waals surface area contributed by atoms with Crippen LogP contribution in [0, 0.1) is 11.6 Å². The number of halogens is 2. The van der Waals surface area contributed by atoms with Crippen LogP contribution in [-0.4, -0.2) is 40.9 Å². The molecule has 2 aromatic carbocycles. The summed E-state index contributed by atoms with van der Waals surface area (Å²) < 4.78 is 37.7. The molecule has 1 amide bonds. The molecule has 3 heterocycles. The number of aromatic nitrogens is 2. The highest BCUT2D eigenvalue weighted by Crippen LogP contribution is 2.36. The van der Waals surface area contributed by atoms with E-state index in [2.05, 4.69) is 10.2 Å². The molecule has 1 aromatic heterocycles. The predicted octanol–water partition coefficient (Wildman–Crippen LogP) is 4.10. The lowest BCUT2D eigenvalue weighted by atomic mass is 9.90. The van der Waals surface area contributed by atoms with Crippen LogP contribution in [0.15, 0.2) is 42.6 Å². The molecule has 8 heteroatoms. The van der Waals surface area contributed by atoms with Crippen molar-refractivity contribution in [2.75, 3.05) is 19.9 Å². The van der Waals surface area contributed by atoms with E-state index in [0.717, 1.165) is 30.2 Å². The zero-order valence-electron chi connectivity index (χ0n) is 16.0. The van der Waals surface area contributed by atoms with Crippen LogP contribution >= 0.6 is 0 Å². The first-order chi connectivity index (χ1) is 14.6. The minimum Gasteiger partial charge on any atom is -0.454 e. The Hall–Kier alpha value is -3.42. The molecule has 0 aliphatic carbocycles. The number of amides is 1. The highest BCUT2D eigenvalue weighted by Gasteiger charge is 2.29. The Labute approximate surface area is 171 Å². The highest BCUT2D eigenvalue weighted by molar-refractivity contribution is 5.95. The number of fused-ring (bicyclic) bond motifs is 1. The number of piperidine rings is 1. The van der Waals surface area contributed by atoms with Gasteiger partial charge >= 0.3 is 0 Å². The van der Waals surface area contributed by atoms with Crippen LogP contribution in [0.3, 0.4) is 0 Å². The van der Waals surface area contributed by atoms with E-state index in [1.165, 1.54) is 12.1 Å². The summed E-state index contributed by atoms with van der Waals surface area (Å²) >= 11 is 0. The van der Waals surface area contributed by atoms with Crippen LogP contribution in [0.5, 0.6) is 11.5 Å². The van der Waals surface area contributed by atoms with Gasteiger partial charge in [-0.25, -0.2) is 8.78 Å². The van der Waals surface area contributed by atoms with Gasteiger partial charge in [0.1, 0.15) is 0 Å². The van der Waals surface area contributed by atoms with Crippen LogP contribution in [0.4, 0.5) is 8.78 Å². The first-order valence-corrected chi connectivity index (χ1v) is 9.78. The van der Waals surface area contributed by atoms with E-state index < -0.39 is 11.6 Å². The van der Waals surface area contributed by atoms with E-state index in [1.54, 1.807) is 24.4 Å². The maximum atomic E-state index is 13.7. The van der Waals surface area contributed by atoms with Crippen molar-refractivity contribution in [2.45, 2.75) is 18.8 Å². The zero-order chi connectivity index (χ0) is 20.7. The normalized spacial score (nSPS) is 17.9. The van der Waals surface area contributed by atoms with Gasteiger partial charge in [0.2, 0.25) is 6.79 Å². The molecule has 0 radical (unpaired) electrons. The fourth-order valence-electron chi connectivity index (χ4n) is 4.11. The fourth-order valence-corrected chi connectivity index (χ4v) is 4.11. The number of ether oxygens (including phenoxy) is 2. The van der Waals surface area contributed by atoms with E-state index in [1.807, 2.05) is 4.90 Å². The highest BCUT2D eigenvalue weighted by atomic mass is 19.2. The van der Waals surface area contributed by atoms with E-state index >= 15 is 0 Å². The van der Waals surface area contributed by atoms with Crippen molar-refractivity contribution in [1.82, 2.24) is 15.1 Å². The Morgan fingerprint density at radius 2 is 1.97 bits per heavy atom. The first-order valence-electron chi connectivity index (χ1n) is 9.78. The maximum Gasteiger partial charge on any atom is 0.254 e. The number of carbonyl (C=O) groups excluding carboxylic acids is 1. The van der Waals surface area contributed by atoms with Gasteiger partial charge < -0.3 is 14.4 Å². The quantitative estimate of drug-likeness (QED) is 0.705. The van der Waals surface area contributed by atoms with Gasteiger partial charge in [-0.15, -0.1) is 0 Å². The number of rotatable bonds is 3. The Bertz CT molecular complexity index is 1110. The number of benzene rings is 2. The molecule has 0 spiro atoms. The van der Waals surface area contributed by atoms with Gasteiger partial charge in [-0.2, -0.15) is 5.10 Å². The van der Waals surface area contributed by atoms with Crippen LogP contribution in [-0.2, 0) is 0 Å². The number of aromatic amines is 1. The largest absolute Gasteiger partial charge is 0.454 e. The molecule has 6 nitrogen and oxygen atoms in total. The fraction of sp³-hybridized carbons (Fsp3) is 0.273. The summed E-state index contributed by atoms with van der Waals surface area (Å²) in [4.78, 5) is 14.9. The molecule has 2 aliphatic heterocycles. The van der Waals surface area contributed by atoms with Crippen LogP contribution in [0.1, 0.15) is 34.8 Å². The van der Waals surface area contributed by atoms with Gasteiger partial charge in [0.25, 0.3) is 5.91 Å². The van der Waals surface area contributed by atoms with Gasteiger partial charge in [-0.05, 0) is 48.7 Å². The Morgan fingerprint density at radius 1 is 1.10 bits per heavy atom. The third kappa shape index (κ3) is 3.28. The number of nitrogens with zero attached hydrogens (tertiary/aromatic N) is 2. The molecule has 1 N–H and O–H groups in total. The molecule has 154 valence electrons. The van der Waals surface area contributed by atoms with Crippen LogP contribution < -0.4 is 9.47 Å². The molecule has 1 atom stereocenters. The second kappa shape index (κ2) is 7.44. The minimum atomic E-state index is -0.900. The van der Waals surface area contributed by atoms with Crippen molar-refractivity contribution in [3.8, 4) is 22.6 Å². The van der Waals surface area contributed by atoms with Gasteiger partial charge in [0.15, 0.2) is 23.1 Å². The summed E-state index contributed by atoms with van der Waals surface area (Å²) in [5, 5.41) is 7.12. The second-order valence-corrected chi connectivity index (χ2v) is 7.48. The lowest BCUT2D eigenvalue weighted by molar-refractivity contribution is 0.0705. The van der Waals surface area contributed by atoms with Crippen molar-refractivity contribution >= 4 is 5.91 Å². The summed E-state index contributed by atoms with van der Waals surface area (Å²) in [6, 6.07) is 9.00. The Morgan fingerprint density at radius 3 is 2.83 bits per heavy atom. The van der Waals surface area contributed by atoms with E-state index in [-0.39, 0.29) is 18.6 Å². The number of likely N-dealkylation sites (tertiary alicyclic amines) is 1. The summed E-state index contributed by atoms with van der Waals surface area (Å²) in [5.41, 5.74) is 2.64. The minimum absolute atomic E-state index is 0.0160. The number of hydrogen-bond acceptors (Lipinski definition) is 4. The van der Waals surface area contributed by atoms with Crippen molar-refractivity contribution in [2.24, 2.45) is 0 Å². The molecule has 30 heavy (non-hydrogen) atoms. The number of hydrogen-bond donors (Lipinski definition) is 1. The molecule has 5 rings (SSSR count). The van der Waals surface area contributed by atoms with Crippen LogP contribution in [0.2, 0.25) is 0 Å². The monoisotopic (exact) mass is 411 g/mol. The van der Waals surface area contributed by atoms with E-state index in [9.17, 15) is 13.6 Å². The second-order valence-electron chi connectivity index (χ2n) is 7.48. The molecule has 3 aromatic rings. The molecule has 1 saturated heterocycles. The number of carbonyl (C=O) groups is 1. The van der Waals surface area contributed by atoms with Gasteiger partial charge in [-0.3, -0.25) is 9.89 Å². The SMILES string of the molecule is O=C(c1ccc2c(c1)OCO2)N1CCCC(c2[nH]ncc2-c2ccc(F)c(F)c2)C1. The molecule has 0 saturated carbocycles. The van der Waals surface area contributed by atoms with Crippen LogP contribution in [0.25, 0.3) is 11.1 Å². The average Bonchev–Trinajstić information content (AvgIpc) is 3.44. The topological polar surface area (TPSA) is 67.5 Å². The average molecular weight is 411 g/mol. The predicted molar refractivity (Wildman–Crippen MR) is 104 cm³/mol. The first kappa shape index (κ1) is 18.6. The van der Waals surface area contributed by atoms with Crippen molar-refractivity contribution < 1.29 is 23.0 Å². The number of H-pyrrole nitrogens is 1. The summed E-state index contributed by atoms with van der Waals surface area (Å²) in [7, 11) is 0. The smallest absolute Gasteiger partial charge is 0.254 e. The Balaban J connectivity index is 1.38. The third-order valence-electron chi connectivity index (χ3n) is 5.64. The summed E-state index contributed by atoms with van der Waals surface area (Å²) in [6.07, 6.45) is 3.31. The van der Waals surface area contributed by atoms with Crippen molar-refractivity contribution in [1.29, 1.82) is 0 Å². The summed E-state index contributed by atoms with van der Waals surface area (Å²) in [5.74, 6) is -0.639. The lowest BCUT2D eigenvalue weighted by Crippen LogP contribution is -2.39. The molecule has 1 fully saturated rings. The van der Waals surface area contributed by atoms with Gasteiger partial charge in [0, 0.05) is 35.8 Å². The number of nitrogens with one attached hydrogen (secondary N) is 1. The maximum absolute atomic E-state index is 13.7. The lowest BCUT2D eigenvalue weighted by Gasteiger charge is -2.33. The molecular formula is C22H19F2N3O3. The summed E-state index contributed by atoms with van der Waals surface area (Å²) in [6.45, 7) is 1.32. The van der Waals surface area contributed by atoms with Gasteiger partial charge in [0.05, 0.1) is 6.20 Å². The molecule has 1 unspecified atom stereocenters. The molecule has 0 bridgehead atoms. The third-order valence-corrected chi connectivity index (χ3v) is 5.64. The Kier molecular flexibility index (Phi) is 4.61. The molecular weight excluding hydrogens is 392 g/mol. The zero-order valence-corrected chi connectivity index (χ0v) is 16.0.